The zero-order chi connectivity index (χ0) is 15.5. The van der Waals surface area contributed by atoms with Gasteiger partial charge in [0, 0.05) is 24.5 Å². The van der Waals surface area contributed by atoms with E-state index in [0.29, 0.717) is 5.56 Å². The fraction of sp³-hybridized carbons (Fsp3) is 0.421. The fourth-order valence-corrected chi connectivity index (χ4v) is 2.00. The first-order valence-corrected chi connectivity index (χ1v) is 7.40. The average molecular weight is 282 g/mol. The Morgan fingerprint density at radius 1 is 1.29 bits per heavy atom. The molecule has 0 heterocycles. The Morgan fingerprint density at radius 3 is 2.71 bits per heavy atom. The second kappa shape index (κ2) is 9.67. The highest BCUT2D eigenvalue weighted by Crippen LogP contribution is 2.21. The third kappa shape index (κ3) is 6.19. The van der Waals surface area contributed by atoms with Gasteiger partial charge in [-0.1, -0.05) is 62.1 Å². The summed E-state index contributed by atoms with van der Waals surface area (Å²) in [5.74, 6) is 8.39. The van der Waals surface area contributed by atoms with Crippen molar-refractivity contribution in [3.05, 3.63) is 35.4 Å². The minimum absolute atomic E-state index is 0.355. The Kier molecular flexibility index (Phi) is 7.77. The van der Waals surface area contributed by atoms with Crippen molar-refractivity contribution in [3.63, 3.8) is 0 Å². The first-order valence-electron chi connectivity index (χ1n) is 7.40. The molecule has 0 bridgehead atoms. The van der Waals surface area contributed by atoms with Crippen LogP contribution in [-0.2, 0) is 9.53 Å². The number of esters is 1. The molecule has 1 rings (SSSR count). The average Bonchev–Trinajstić information content (AvgIpc) is 2.49. The molecule has 0 aromatic heterocycles. The molecule has 0 spiro atoms. The molecule has 0 saturated heterocycles. The van der Waals surface area contributed by atoms with Crippen molar-refractivity contribution in [1.82, 2.24) is 0 Å². The predicted molar refractivity (Wildman–Crippen MR) is 85.4 cm³/mol. The van der Waals surface area contributed by atoms with Crippen LogP contribution < -0.4 is 0 Å². The van der Waals surface area contributed by atoms with E-state index < -0.39 is 6.10 Å². The summed E-state index contributed by atoms with van der Waals surface area (Å²) in [7, 11) is 0. The topological polar surface area (TPSA) is 26.3 Å². The lowest BCUT2D eigenvalue weighted by atomic mass is 10.0. The number of rotatable bonds is 6. The summed E-state index contributed by atoms with van der Waals surface area (Å²) in [5, 5.41) is 0. The molecule has 1 aromatic carbocycles. The van der Waals surface area contributed by atoms with Gasteiger partial charge in [0.1, 0.15) is 0 Å². The van der Waals surface area contributed by atoms with E-state index in [9.17, 15) is 4.79 Å². The molecule has 2 heteroatoms. The van der Waals surface area contributed by atoms with E-state index in [1.165, 1.54) is 26.2 Å². The largest absolute Gasteiger partial charge is 0.444 e. The van der Waals surface area contributed by atoms with Gasteiger partial charge in [0.15, 0.2) is 6.10 Å². The highest BCUT2D eigenvalue weighted by Gasteiger charge is 2.14. The first kappa shape index (κ1) is 16.9. The molecule has 0 aliphatic carbocycles. The van der Waals surface area contributed by atoms with Crippen molar-refractivity contribution < 1.29 is 9.53 Å². The number of unbranched alkanes of at least 4 members (excludes halogenated alkanes) is 4. The number of terminal acetylenes is 1. The van der Waals surface area contributed by atoms with Crippen LogP contribution in [0.4, 0.5) is 0 Å². The number of carbonyl (C=O) groups excluding carboxylic acids is 1. The molecule has 110 valence electrons. The van der Waals surface area contributed by atoms with Crippen LogP contribution in [-0.4, -0.2) is 5.97 Å². The van der Waals surface area contributed by atoms with Crippen LogP contribution in [0.1, 0.15) is 63.2 Å². The van der Waals surface area contributed by atoms with Crippen molar-refractivity contribution in [2.75, 3.05) is 0 Å². The minimum Gasteiger partial charge on any atom is -0.444 e. The first-order chi connectivity index (χ1) is 10.2. The molecule has 0 fully saturated rings. The third-order valence-corrected chi connectivity index (χ3v) is 3.07. The van der Waals surface area contributed by atoms with Crippen LogP contribution in [0, 0.1) is 24.2 Å². The second-order valence-electron chi connectivity index (χ2n) is 4.85. The van der Waals surface area contributed by atoms with Gasteiger partial charge in [0.05, 0.1) is 0 Å². The maximum absolute atomic E-state index is 11.3. The lowest BCUT2D eigenvalue weighted by Crippen LogP contribution is -2.08. The van der Waals surface area contributed by atoms with Crippen LogP contribution in [0.5, 0.6) is 0 Å². The molecular formula is C19H22O2. The van der Waals surface area contributed by atoms with E-state index in [0.717, 1.165) is 18.4 Å². The van der Waals surface area contributed by atoms with Crippen molar-refractivity contribution in [2.24, 2.45) is 0 Å². The normalized spacial score (nSPS) is 10.9. The predicted octanol–water partition coefficient (Wildman–Crippen LogP) is 4.25. The molecule has 0 saturated carbocycles. The molecule has 0 radical (unpaired) electrons. The summed E-state index contributed by atoms with van der Waals surface area (Å²) in [6.45, 7) is 3.56. The van der Waals surface area contributed by atoms with E-state index in [1.54, 1.807) is 0 Å². The van der Waals surface area contributed by atoms with Gasteiger partial charge in [-0.15, -0.1) is 6.42 Å². The van der Waals surface area contributed by atoms with Crippen molar-refractivity contribution in [1.29, 1.82) is 0 Å². The maximum Gasteiger partial charge on any atom is 0.304 e. The Bertz CT molecular complexity index is 555. The minimum atomic E-state index is -0.582. The zero-order valence-corrected chi connectivity index (χ0v) is 12.8. The molecule has 1 atom stereocenters. The van der Waals surface area contributed by atoms with Gasteiger partial charge in [-0.2, -0.15) is 0 Å². The van der Waals surface area contributed by atoms with Gasteiger partial charge in [0.25, 0.3) is 0 Å². The Balaban J connectivity index is 2.79. The number of benzene rings is 1. The Morgan fingerprint density at radius 2 is 2.05 bits per heavy atom. The molecule has 1 aromatic rings. The van der Waals surface area contributed by atoms with E-state index in [-0.39, 0.29) is 5.97 Å². The molecular weight excluding hydrogens is 260 g/mol. The van der Waals surface area contributed by atoms with Crippen LogP contribution >= 0.6 is 0 Å². The second-order valence-corrected chi connectivity index (χ2v) is 4.85. The van der Waals surface area contributed by atoms with E-state index in [4.69, 9.17) is 11.2 Å². The highest BCUT2D eigenvalue weighted by atomic mass is 16.5. The van der Waals surface area contributed by atoms with Gasteiger partial charge in [-0.3, -0.25) is 4.79 Å². The van der Waals surface area contributed by atoms with Crippen molar-refractivity contribution in [2.45, 2.75) is 52.1 Å². The molecule has 21 heavy (non-hydrogen) atoms. The van der Waals surface area contributed by atoms with Gasteiger partial charge >= 0.3 is 5.97 Å². The lowest BCUT2D eigenvalue weighted by molar-refractivity contribution is -0.144. The van der Waals surface area contributed by atoms with Crippen LogP contribution in [0.15, 0.2) is 24.3 Å². The molecule has 2 nitrogen and oxygen atoms in total. The quantitative estimate of drug-likeness (QED) is 0.443. The van der Waals surface area contributed by atoms with Crippen LogP contribution in [0.25, 0.3) is 0 Å². The van der Waals surface area contributed by atoms with Gasteiger partial charge in [-0.25, -0.2) is 0 Å². The molecule has 1 unspecified atom stereocenters. The number of hydrogen-bond acceptors (Lipinski definition) is 2. The summed E-state index contributed by atoms with van der Waals surface area (Å²) >= 11 is 0. The summed E-state index contributed by atoms with van der Waals surface area (Å²) in [6, 6.07) is 7.42. The van der Waals surface area contributed by atoms with Crippen LogP contribution in [0.3, 0.4) is 0 Å². The standard InChI is InChI=1S/C19H22O2/c1-4-6-7-8-9-10-15-19(21-16(3)20)18-14-12-11-13-17(18)5-2/h2,11-14,19H,4,6-9H2,1,3H3. The van der Waals surface area contributed by atoms with Crippen molar-refractivity contribution >= 4 is 5.97 Å². The van der Waals surface area contributed by atoms with E-state index >= 15 is 0 Å². The maximum atomic E-state index is 11.3. The highest BCUT2D eigenvalue weighted by molar-refractivity contribution is 5.67. The van der Waals surface area contributed by atoms with Gasteiger partial charge < -0.3 is 4.74 Å². The number of hydrogen-bond donors (Lipinski definition) is 0. The summed E-state index contributed by atoms with van der Waals surface area (Å²) in [5.41, 5.74) is 1.49. The van der Waals surface area contributed by atoms with Crippen LogP contribution in [0.2, 0.25) is 0 Å². The molecule has 0 amide bonds. The van der Waals surface area contributed by atoms with Crippen molar-refractivity contribution in [3.8, 4) is 24.2 Å². The SMILES string of the molecule is C#Cc1ccccc1C(C#CCCCCCC)OC(C)=O. The monoisotopic (exact) mass is 282 g/mol. The van der Waals surface area contributed by atoms with E-state index in [1.807, 2.05) is 24.3 Å². The molecule has 0 aliphatic rings. The molecule has 0 N–H and O–H groups in total. The number of ether oxygens (including phenoxy) is 1. The summed E-state index contributed by atoms with van der Waals surface area (Å²) in [6.07, 6.45) is 10.4. The van der Waals surface area contributed by atoms with Gasteiger partial charge in [0.2, 0.25) is 0 Å². The van der Waals surface area contributed by atoms with E-state index in [2.05, 4.69) is 24.7 Å². The van der Waals surface area contributed by atoms with Gasteiger partial charge in [-0.05, 0) is 12.5 Å². The summed E-state index contributed by atoms with van der Waals surface area (Å²) in [4.78, 5) is 11.3. The Labute approximate surface area is 127 Å². The number of carbonyl (C=O) groups is 1. The lowest BCUT2D eigenvalue weighted by Gasteiger charge is -2.13. The molecule has 0 aliphatic heterocycles. The summed E-state index contributed by atoms with van der Waals surface area (Å²) < 4.78 is 5.30. The fourth-order valence-electron chi connectivity index (χ4n) is 2.00. The smallest absolute Gasteiger partial charge is 0.304 e. The third-order valence-electron chi connectivity index (χ3n) is 3.07. The Hall–Kier alpha value is -2.19. The zero-order valence-electron chi connectivity index (χ0n) is 12.8.